The van der Waals surface area contributed by atoms with Crippen LogP contribution in [0.1, 0.15) is 25.7 Å². The lowest BCUT2D eigenvalue weighted by molar-refractivity contribution is 0.249. The van der Waals surface area contributed by atoms with Crippen molar-refractivity contribution in [2.24, 2.45) is 16.6 Å². The van der Waals surface area contributed by atoms with Gasteiger partial charge in [0.25, 0.3) is 0 Å². The molecule has 1 aliphatic rings. The van der Waals surface area contributed by atoms with Crippen molar-refractivity contribution in [1.29, 1.82) is 0 Å². The summed E-state index contributed by atoms with van der Waals surface area (Å²) in [5.74, 6) is 5.91. The molecule has 0 atom stereocenters. The summed E-state index contributed by atoms with van der Waals surface area (Å²) in [7, 11) is 0. The molecule has 7 N–H and O–H groups in total. The zero-order chi connectivity index (χ0) is 11.8. The van der Waals surface area contributed by atoms with E-state index >= 15 is 0 Å². The molecular weight excluding hydrogens is 208 g/mol. The molecule has 0 aromatic carbocycles. The smallest absolute Gasteiger partial charge is 0.312 e. The average molecular weight is 228 g/mol. The summed E-state index contributed by atoms with van der Waals surface area (Å²) in [5.41, 5.74) is 7.43. The first-order valence-corrected chi connectivity index (χ1v) is 5.53. The summed E-state index contributed by atoms with van der Waals surface area (Å²) < 4.78 is 0. The van der Waals surface area contributed by atoms with Crippen LogP contribution in [-0.2, 0) is 0 Å². The maximum atomic E-state index is 10.4. The second-order valence-corrected chi connectivity index (χ2v) is 3.79. The number of carbonyl (C=O) groups excluding carboxylic acids is 1. The lowest BCUT2D eigenvalue weighted by Gasteiger charge is -2.14. The molecule has 92 valence electrons. The number of rotatable bonds is 4. The van der Waals surface area contributed by atoms with E-state index in [9.17, 15) is 4.79 Å². The third-order valence-corrected chi connectivity index (χ3v) is 2.51. The number of guanidine groups is 1. The van der Waals surface area contributed by atoms with Gasteiger partial charge >= 0.3 is 6.03 Å². The molecule has 0 aliphatic heterocycles. The lowest BCUT2D eigenvalue weighted by Crippen LogP contribution is -2.46. The zero-order valence-electron chi connectivity index (χ0n) is 9.33. The summed E-state index contributed by atoms with van der Waals surface area (Å²) in [5, 5.41) is 5.68. The van der Waals surface area contributed by atoms with Gasteiger partial charge in [-0.3, -0.25) is 10.4 Å². The Hall–Kier alpha value is -1.50. The van der Waals surface area contributed by atoms with Gasteiger partial charge in [-0.1, -0.05) is 12.8 Å². The quantitative estimate of drug-likeness (QED) is 0.139. The van der Waals surface area contributed by atoms with Gasteiger partial charge < -0.3 is 16.4 Å². The second-order valence-electron chi connectivity index (χ2n) is 3.79. The van der Waals surface area contributed by atoms with E-state index in [4.69, 9.17) is 11.6 Å². The van der Waals surface area contributed by atoms with E-state index in [1.165, 1.54) is 12.8 Å². The van der Waals surface area contributed by atoms with Gasteiger partial charge in [0.2, 0.25) is 5.96 Å². The SMILES string of the molecule is NNC(=NCCNC(N)=O)NC1CCCC1. The Labute approximate surface area is 95.0 Å². The molecule has 0 spiro atoms. The van der Waals surface area contributed by atoms with Crippen molar-refractivity contribution in [2.45, 2.75) is 31.7 Å². The number of urea groups is 1. The summed E-state index contributed by atoms with van der Waals surface area (Å²) in [6, 6.07) is -0.0832. The van der Waals surface area contributed by atoms with Crippen LogP contribution in [0.4, 0.5) is 4.79 Å². The number of hydrazine groups is 1. The van der Waals surface area contributed by atoms with Crippen molar-refractivity contribution < 1.29 is 4.79 Å². The Morgan fingerprint density at radius 2 is 2.06 bits per heavy atom. The van der Waals surface area contributed by atoms with Crippen LogP contribution in [0.2, 0.25) is 0 Å². The third-order valence-electron chi connectivity index (χ3n) is 2.51. The molecule has 0 aromatic rings. The van der Waals surface area contributed by atoms with Crippen LogP contribution in [0, 0.1) is 0 Å². The molecule has 7 heteroatoms. The molecule has 1 rings (SSSR count). The van der Waals surface area contributed by atoms with Gasteiger partial charge in [0.1, 0.15) is 0 Å². The predicted octanol–water partition coefficient (Wildman–Crippen LogP) is -0.994. The molecule has 1 aliphatic carbocycles. The van der Waals surface area contributed by atoms with Gasteiger partial charge in [0.15, 0.2) is 0 Å². The first kappa shape index (κ1) is 12.6. The topological polar surface area (TPSA) is 118 Å². The summed E-state index contributed by atoms with van der Waals surface area (Å²) in [6.45, 7) is 0.856. The normalized spacial score (nSPS) is 17.2. The first-order chi connectivity index (χ1) is 7.72. The standard InChI is InChI=1S/C9H20N6O/c10-8(16)12-5-6-13-9(15-11)14-7-3-1-2-4-7/h7H,1-6,11H2,(H3,10,12,16)(H2,13,14,15). The third kappa shape index (κ3) is 4.83. The van der Waals surface area contributed by atoms with E-state index < -0.39 is 6.03 Å². The number of primary amides is 1. The number of nitrogens with two attached hydrogens (primary N) is 2. The van der Waals surface area contributed by atoms with Gasteiger partial charge in [-0.15, -0.1) is 0 Å². The number of hydrogen-bond acceptors (Lipinski definition) is 3. The van der Waals surface area contributed by atoms with E-state index in [0.717, 1.165) is 12.8 Å². The number of amides is 2. The fourth-order valence-electron chi connectivity index (χ4n) is 1.74. The molecule has 0 unspecified atom stereocenters. The fourth-order valence-corrected chi connectivity index (χ4v) is 1.74. The van der Waals surface area contributed by atoms with E-state index in [1.54, 1.807) is 0 Å². The highest BCUT2D eigenvalue weighted by Gasteiger charge is 2.15. The minimum Gasteiger partial charge on any atom is -0.353 e. The number of nitrogens with zero attached hydrogens (tertiary/aromatic N) is 1. The Kier molecular flexibility index (Phi) is 5.41. The Morgan fingerprint density at radius 1 is 1.38 bits per heavy atom. The van der Waals surface area contributed by atoms with Gasteiger partial charge in [0, 0.05) is 12.6 Å². The maximum absolute atomic E-state index is 10.4. The van der Waals surface area contributed by atoms with Crippen LogP contribution in [0.15, 0.2) is 4.99 Å². The Balaban J connectivity index is 2.23. The average Bonchev–Trinajstić information content (AvgIpc) is 2.75. The number of nitrogens with one attached hydrogen (secondary N) is 3. The molecule has 7 nitrogen and oxygen atoms in total. The highest BCUT2D eigenvalue weighted by Crippen LogP contribution is 2.17. The number of carbonyl (C=O) groups is 1. The van der Waals surface area contributed by atoms with Crippen molar-refractivity contribution in [2.75, 3.05) is 13.1 Å². The van der Waals surface area contributed by atoms with Crippen molar-refractivity contribution in [3.05, 3.63) is 0 Å². The molecule has 0 heterocycles. The van der Waals surface area contributed by atoms with E-state index in [2.05, 4.69) is 21.1 Å². The van der Waals surface area contributed by atoms with Crippen LogP contribution in [-0.4, -0.2) is 31.1 Å². The highest BCUT2D eigenvalue weighted by atomic mass is 16.2. The van der Waals surface area contributed by atoms with Gasteiger partial charge in [0.05, 0.1) is 6.54 Å². The molecule has 16 heavy (non-hydrogen) atoms. The molecule has 0 aromatic heterocycles. The monoisotopic (exact) mass is 228 g/mol. The van der Waals surface area contributed by atoms with Crippen molar-refractivity contribution in [3.63, 3.8) is 0 Å². The Bertz CT molecular complexity index is 248. The molecule has 0 radical (unpaired) electrons. The highest BCUT2D eigenvalue weighted by molar-refractivity contribution is 5.79. The minimum absolute atomic E-state index is 0.410. The molecule has 1 fully saturated rings. The second kappa shape index (κ2) is 6.89. The summed E-state index contributed by atoms with van der Waals surface area (Å²) in [4.78, 5) is 14.6. The van der Waals surface area contributed by atoms with Crippen LogP contribution in [0.3, 0.4) is 0 Å². The first-order valence-electron chi connectivity index (χ1n) is 5.53. The number of aliphatic imine (C=N–C) groups is 1. The molecular formula is C9H20N6O. The zero-order valence-corrected chi connectivity index (χ0v) is 9.33. The van der Waals surface area contributed by atoms with Crippen molar-refractivity contribution in [1.82, 2.24) is 16.1 Å². The summed E-state index contributed by atoms with van der Waals surface area (Å²) in [6.07, 6.45) is 4.80. The van der Waals surface area contributed by atoms with Crippen LogP contribution < -0.4 is 27.6 Å². The minimum atomic E-state index is -0.541. The lowest BCUT2D eigenvalue weighted by atomic mass is 10.2. The molecule has 0 bridgehead atoms. The van der Waals surface area contributed by atoms with E-state index in [-0.39, 0.29) is 0 Å². The van der Waals surface area contributed by atoms with Crippen molar-refractivity contribution in [3.8, 4) is 0 Å². The molecule has 2 amide bonds. The Morgan fingerprint density at radius 3 is 2.62 bits per heavy atom. The van der Waals surface area contributed by atoms with Crippen molar-refractivity contribution >= 4 is 12.0 Å². The van der Waals surface area contributed by atoms with Crippen LogP contribution in [0.5, 0.6) is 0 Å². The number of hydrogen-bond donors (Lipinski definition) is 5. The maximum Gasteiger partial charge on any atom is 0.312 e. The van der Waals surface area contributed by atoms with E-state index in [1.807, 2.05) is 0 Å². The fraction of sp³-hybridized carbons (Fsp3) is 0.778. The summed E-state index contributed by atoms with van der Waals surface area (Å²) >= 11 is 0. The van der Waals surface area contributed by atoms with Gasteiger partial charge in [-0.05, 0) is 12.8 Å². The molecule has 1 saturated carbocycles. The largest absolute Gasteiger partial charge is 0.353 e. The van der Waals surface area contributed by atoms with Crippen LogP contribution in [0.25, 0.3) is 0 Å². The van der Waals surface area contributed by atoms with Gasteiger partial charge in [-0.2, -0.15) is 0 Å². The van der Waals surface area contributed by atoms with Gasteiger partial charge in [-0.25, -0.2) is 10.6 Å². The predicted molar refractivity (Wildman–Crippen MR) is 62.6 cm³/mol. The molecule has 0 saturated heterocycles. The van der Waals surface area contributed by atoms with E-state index in [0.29, 0.717) is 25.1 Å². The van der Waals surface area contributed by atoms with Crippen LogP contribution >= 0.6 is 0 Å².